The first kappa shape index (κ1) is 15.8. The topological polar surface area (TPSA) is 15.3 Å². The molecule has 21 heavy (non-hydrogen) atoms. The van der Waals surface area contributed by atoms with E-state index in [1.807, 2.05) is 0 Å². The van der Waals surface area contributed by atoms with Crippen molar-refractivity contribution in [3.8, 4) is 0 Å². The summed E-state index contributed by atoms with van der Waals surface area (Å²) >= 11 is 0. The average molecular weight is 293 g/mol. The van der Waals surface area contributed by atoms with E-state index in [2.05, 4.69) is 24.1 Å². The zero-order chi connectivity index (χ0) is 14.7. The van der Waals surface area contributed by atoms with Crippen molar-refractivity contribution in [2.75, 3.05) is 26.2 Å². The third-order valence-corrected chi connectivity index (χ3v) is 6.42. The number of rotatable bonds is 6. The number of hydrogen-bond donors (Lipinski definition) is 1. The van der Waals surface area contributed by atoms with Gasteiger partial charge in [0.2, 0.25) is 0 Å². The van der Waals surface area contributed by atoms with E-state index in [4.69, 9.17) is 0 Å². The predicted molar refractivity (Wildman–Crippen MR) is 90.5 cm³/mol. The van der Waals surface area contributed by atoms with Gasteiger partial charge in [-0.2, -0.15) is 0 Å². The largest absolute Gasteiger partial charge is 0.313 e. The standard InChI is InChI=1S/C19H36N2/c1-3-17-5-4-12-21(13-17)15-19(14-20-18-6-7-18)10-8-16(2)9-11-19/h16-18,20H,3-15H2,1-2H3. The molecule has 2 nitrogen and oxygen atoms in total. The monoisotopic (exact) mass is 292 g/mol. The van der Waals surface area contributed by atoms with Crippen molar-refractivity contribution in [3.63, 3.8) is 0 Å². The molecule has 0 radical (unpaired) electrons. The van der Waals surface area contributed by atoms with Crippen LogP contribution >= 0.6 is 0 Å². The van der Waals surface area contributed by atoms with E-state index in [1.165, 1.54) is 84.0 Å². The summed E-state index contributed by atoms with van der Waals surface area (Å²) in [6.07, 6.45) is 13.0. The minimum atomic E-state index is 0.588. The van der Waals surface area contributed by atoms with Crippen LogP contribution in [0, 0.1) is 17.3 Å². The molecule has 0 spiro atoms. The van der Waals surface area contributed by atoms with Crippen LogP contribution in [0.3, 0.4) is 0 Å². The van der Waals surface area contributed by atoms with Crippen molar-refractivity contribution < 1.29 is 0 Å². The molecular formula is C19H36N2. The molecule has 122 valence electrons. The van der Waals surface area contributed by atoms with Crippen LogP contribution in [0.2, 0.25) is 0 Å². The van der Waals surface area contributed by atoms with Crippen molar-refractivity contribution >= 4 is 0 Å². The van der Waals surface area contributed by atoms with Gasteiger partial charge in [-0.3, -0.25) is 0 Å². The molecule has 1 heterocycles. The smallest absolute Gasteiger partial charge is 0.00684 e. The first-order chi connectivity index (χ1) is 10.2. The normalized spacial score (nSPS) is 38.6. The van der Waals surface area contributed by atoms with Gasteiger partial charge in [0.15, 0.2) is 0 Å². The highest BCUT2D eigenvalue weighted by Crippen LogP contribution is 2.40. The van der Waals surface area contributed by atoms with Gasteiger partial charge in [-0.15, -0.1) is 0 Å². The molecule has 2 aliphatic carbocycles. The molecule has 1 atom stereocenters. The number of nitrogens with zero attached hydrogens (tertiary/aromatic N) is 1. The Morgan fingerprint density at radius 3 is 2.52 bits per heavy atom. The van der Waals surface area contributed by atoms with E-state index in [0.29, 0.717) is 5.41 Å². The van der Waals surface area contributed by atoms with Gasteiger partial charge in [0.25, 0.3) is 0 Å². The zero-order valence-electron chi connectivity index (χ0n) is 14.4. The van der Waals surface area contributed by atoms with Crippen LogP contribution in [-0.2, 0) is 0 Å². The molecule has 1 saturated heterocycles. The summed E-state index contributed by atoms with van der Waals surface area (Å²) in [6.45, 7) is 10.2. The first-order valence-corrected chi connectivity index (χ1v) is 9.65. The van der Waals surface area contributed by atoms with Gasteiger partial charge in [0, 0.05) is 25.7 Å². The Labute approximate surface area is 132 Å². The summed E-state index contributed by atoms with van der Waals surface area (Å²) in [4.78, 5) is 2.82. The molecule has 0 aromatic carbocycles. The van der Waals surface area contributed by atoms with Crippen LogP contribution in [0.4, 0.5) is 0 Å². The second-order valence-corrected chi connectivity index (χ2v) is 8.49. The molecule has 3 rings (SSSR count). The van der Waals surface area contributed by atoms with Crippen molar-refractivity contribution in [2.24, 2.45) is 17.3 Å². The van der Waals surface area contributed by atoms with Gasteiger partial charge in [-0.25, -0.2) is 0 Å². The van der Waals surface area contributed by atoms with Gasteiger partial charge in [-0.05, 0) is 62.3 Å². The van der Waals surface area contributed by atoms with E-state index in [-0.39, 0.29) is 0 Å². The van der Waals surface area contributed by atoms with Crippen LogP contribution in [0.25, 0.3) is 0 Å². The van der Waals surface area contributed by atoms with E-state index in [0.717, 1.165) is 17.9 Å². The molecule has 0 aromatic heterocycles. The Morgan fingerprint density at radius 2 is 1.86 bits per heavy atom. The van der Waals surface area contributed by atoms with Crippen LogP contribution in [0.15, 0.2) is 0 Å². The lowest BCUT2D eigenvalue weighted by Crippen LogP contribution is -2.49. The SMILES string of the molecule is CCC1CCCN(CC2(CNC3CC3)CCC(C)CC2)C1. The van der Waals surface area contributed by atoms with E-state index < -0.39 is 0 Å². The van der Waals surface area contributed by atoms with E-state index in [9.17, 15) is 0 Å². The molecule has 1 N–H and O–H groups in total. The Bertz CT molecular complexity index is 316. The highest BCUT2D eigenvalue weighted by Gasteiger charge is 2.37. The lowest BCUT2D eigenvalue weighted by molar-refractivity contribution is 0.0609. The van der Waals surface area contributed by atoms with Gasteiger partial charge in [-0.1, -0.05) is 33.1 Å². The third kappa shape index (κ3) is 4.45. The lowest BCUT2D eigenvalue weighted by Gasteiger charge is -2.45. The summed E-state index contributed by atoms with van der Waals surface area (Å²) in [5.41, 5.74) is 0.588. The Hall–Kier alpha value is -0.0800. The zero-order valence-corrected chi connectivity index (χ0v) is 14.4. The molecule has 3 fully saturated rings. The quantitative estimate of drug-likeness (QED) is 0.794. The summed E-state index contributed by atoms with van der Waals surface area (Å²) in [5.74, 6) is 1.93. The number of hydrogen-bond acceptors (Lipinski definition) is 2. The number of nitrogens with one attached hydrogen (secondary N) is 1. The molecule has 0 bridgehead atoms. The third-order valence-electron chi connectivity index (χ3n) is 6.42. The van der Waals surface area contributed by atoms with Crippen molar-refractivity contribution in [2.45, 2.75) is 77.7 Å². The fourth-order valence-corrected chi connectivity index (χ4v) is 4.52. The van der Waals surface area contributed by atoms with Crippen LogP contribution < -0.4 is 5.32 Å². The maximum Gasteiger partial charge on any atom is 0.00684 e. The second kappa shape index (κ2) is 7.00. The van der Waals surface area contributed by atoms with E-state index >= 15 is 0 Å². The molecule has 2 heteroatoms. The Morgan fingerprint density at radius 1 is 1.10 bits per heavy atom. The highest BCUT2D eigenvalue weighted by molar-refractivity contribution is 4.93. The highest BCUT2D eigenvalue weighted by atomic mass is 15.1. The predicted octanol–water partition coefficient (Wildman–Crippen LogP) is 4.06. The van der Waals surface area contributed by atoms with Gasteiger partial charge in [0.1, 0.15) is 0 Å². The Kier molecular flexibility index (Phi) is 5.27. The van der Waals surface area contributed by atoms with Crippen LogP contribution in [0.5, 0.6) is 0 Å². The molecule has 0 amide bonds. The lowest BCUT2D eigenvalue weighted by atomic mass is 9.70. The molecule has 3 aliphatic rings. The molecule has 1 unspecified atom stereocenters. The summed E-state index contributed by atoms with van der Waals surface area (Å²) in [7, 11) is 0. The minimum Gasteiger partial charge on any atom is -0.313 e. The molecular weight excluding hydrogens is 256 g/mol. The molecule has 2 saturated carbocycles. The second-order valence-electron chi connectivity index (χ2n) is 8.49. The fraction of sp³-hybridized carbons (Fsp3) is 1.00. The van der Waals surface area contributed by atoms with Crippen LogP contribution in [-0.4, -0.2) is 37.1 Å². The Balaban J connectivity index is 1.57. The van der Waals surface area contributed by atoms with Gasteiger partial charge < -0.3 is 10.2 Å². The summed E-state index contributed by atoms with van der Waals surface area (Å²) < 4.78 is 0. The maximum atomic E-state index is 3.87. The van der Waals surface area contributed by atoms with Crippen LogP contribution in [0.1, 0.15) is 71.6 Å². The van der Waals surface area contributed by atoms with Crippen molar-refractivity contribution in [1.29, 1.82) is 0 Å². The first-order valence-electron chi connectivity index (χ1n) is 9.65. The summed E-state index contributed by atoms with van der Waals surface area (Å²) in [6, 6.07) is 0.867. The number of piperidine rings is 1. The minimum absolute atomic E-state index is 0.588. The molecule has 1 aliphatic heterocycles. The van der Waals surface area contributed by atoms with Crippen molar-refractivity contribution in [1.82, 2.24) is 10.2 Å². The number of likely N-dealkylation sites (tertiary alicyclic amines) is 1. The summed E-state index contributed by atoms with van der Waals surface area (Å²) in [5, 5.41) is 3.87. The van der Waals surface area contributed by atoms with Gasteiger partial charge in [0.05, 0.1) is 0 Å². The molecule has 0 aromatic rings. The van der Waals surface area contributed by atoms with E-state index in [1.54, 1.807) is 0 Å². The average Bonchev–Trinajstić information content (AvgIpc) is 3.33. The maximum absolute atomic E-state index is 3.87. The fourth-order valence-electron chi connectivity index (χ4n) is 4.52. The van der Waals surface area contributed by atoms with Gasteiger partial charge >= 0.3 is 0 Å². The van der Waals surface area contributed by atoms with Crippen molar-refractivity contribution in [3.05, 3.63) is 0 Å².